The number of carbonyl (C=O) groups excluding carboxylic acids is 2. The van der Waals surface area contributed by atoms with Gasteiger partial charge in [0.25, 0.3) is 0 Å². The average Bonchev–Trinajstić information content (AvgIpc) is 2.85. The number of sulfone groups is 1. The summed E-state index contributed by atoms with van der Waals surface area (Å²) < 4.78 is 24.4. The van der Waals surface area contributed by atoms with Crippen molar-refractivity contribution in [2.24, 2.45) is 0 Å². The van der Waals surface area contributed by atoms with Gasteiger partial charge in [0.15, 0.2) is 9.84 Å². The van der Waals surface area contributed by atoms with E-state index in [1.165, 1.54) is 4.90 Å². The van der Waals surface area contributed by atoms with Gasteiger partial charge in [-0.05, 0) is 17.9 Å². The van der Waals surface area contributed by atoms with Crippen molar-refractivity contribution in [2.45, 2.75) is 19.3 Å². The Labute approximate surface area is 142 Å². The number of amides is 3. The van der Waals surface area contributed by atoms with Gasteiger partial charge in [-0.15, -0.1) is 0 Å². The summed E-state index contributed by atoms with van der Waals surface area (Å²) in [5.41, 5.74) is 1.02. The van der Waals surface area contributed by atoms with Crippen molar-refractivity contribution in [3.05, 3.63) is 48.0 Å². The molecular formula is C17H22N2O4S. The van der Waals surface area contributed by atoms with Gasteiger partial charge >= 0.3 is 6.03 Å². The van der Waals surface area contributed by atoms with Crippen LogP contribution in [0.15, 0.2) is 42.5 Å². The normalized spacial score (nSPS) is 16.6. The highest BCUT2D eigenvalue weighted by Crippen LogP contribution is 2.17. The van der Waals surface area contributed by atoms with Crippen molar-refractivity contribution in [3.63, 3.8) is 0 Å². The Hall–Kier alpha value is -2.15. The zero-order valence-electron chi connectivity index (χ0n) is 13.6. The second kappa shape index (κ2) is 8.10. The molecule has 1 heterocycles. The Morgan fingerprint density at radius 3 is 2.54 bits per heavy atom. The molecule has 1 fully saturated rings. The van der Waals surface area contributed by atoms with E-state index < -0.39 is 15.9 Å². The van der Waals surface area contributed by atoms with Gasteiger partial charge in [0, 0.05) is 6.54 Å². The molecule has 1 N–H and O–H groups in total. The van der Waals surface area contributed by atoms with Crippen LogP contribution in [-0.2, 0) is 14.6 Å². The van der Waals surface area contributed by atoms with Crippen LogP contribution in [0.3, 0.4) is 0 Å². The van der Waals surface area contributed by atoms with Gasteiger partial charge in [-0.1, -0.05) is 49.4 Å². The maximum atomic E-state index is 12.2. The van der Waals surface area contributed by atoms with Crippen LogP contribution >= 0.6 is 0 Å². The standard InChI is InChI=1S/C17H22N2O4S/c1-14(15-8-4-2-5-9-15)13-24(22,23)11-7-3-6-10-19-12-16(20)18-17(19)21/h2-6,8-9,14H,7,10-13H2,1H3,(H,18,20,21)/b6-3+/t14-/m0/s1. The Balaban J connectivity index is 1.75. The largest absolute Gasteiger partial charge is 0.324 e. The predicted octanol–water partition coefficient (Wildman–Crippen LogP) is 1.70. The summed E-state index contributed by atoms with van der Waals surface area (Å²) in [5.74, 6) is -0.162. The zero-order valence-corrected chi connectivity index (χ0v) is 14.5. The topological polar surface area (TPSA) is 83.6 Å². The third kappa shape index (κ3) is 5.49. The fourth-order valence-corrected chi connectivity index (χ4v) is 4.16. The monoisotopic (exact) mass is 350 g/mol. The van der Waals surface area contributed by atoms with Gasteiger partial charge in [0.2, 0.25) is 5.91 Å². The molecule has 1 aliphatic rings. The van der Waals surface area contributed by atoms with Gasteiger partial charge in [-0.25, -0.2) is 13.2 Å². The first-order valence-corrected chi connectivity index (χ1v) is 9.68. The number of allylic oxidation sites excluding steroid dienone is 1. The van der Waals surface area contributed by atoms with Crippen LogP contribution in [0.5, 0.6) is 0 Å². The quantitative estimate of drug-likeness (QED) is 0.571. The lowest BCUT2D eigenvalue weighted by Crippen LogP contribution is -2.28. The SMILES string of the molecule is C[C@@H](CS(=O)(=O)CC/C=C/CN1CC(=O)NC1=O)c1ccccc1. The first kappa shape index (κ1) is 18.2. The van der Waals surface area contributed by atoms with Gasteiger partial charge in [0.1, 0.15) is 6.54 Å². The van der Waals surface area contributed by atoms with E-state index in [2.05, 4.69) is 5.32 Å². The van der Waals surface area contributed by atoms with E-state index in [-0.39, 0.29) is 29.9 Å². The van der Waals surface area contributed by atoms with Crippen molar-refractivity contribution >= 4 is 21.8 Å². The average molecular weight is 350 g/mol. The van der Waals surface area contributed by atoms with E-state index in [4.69, 9.17) is 0 Å². The Bertz CT molecular complexity index is 713. The van der Waals surface area contributed by atoms with Gasteiger partial charge < -0.3 is 4.90 Å². The highest BCUT2D eigenvalue weighted by atomic mass is 32.2. The summed E-state index contributed by atoms with van der Waals surface area (Å²) >= 11 is 0. The molecular weight excluding hydrogens is 328 g/mol. The fraction of sp³-hybridized carbons (Fsp3) is 0.412. The third-order valence-corrected chi connectivity index (χ3v) is 5.69. The second-order valence-corrected chi connectivity index (χ2v) is 8.15. The number of nitrogens with zero attached hydrogens (tertiary/aromatic N) is 1. The maximum Gasteiger partial charge on any atom is 0.324 e. The lowest BCUT2D eigenvalue weighted by Gasteiger charge is -2.12. The smallest absolute Gasteiger partial charge is 0.311 e. The summed E-state index contributed by atoms with van der Waals surface area (Å²) in [6, 6.07) is 9.17. The van der Waals surface area contributed by atoms with Crippen LogP contribution in [0.2, 0.25) is 0 Å². The summed E-state index contributed by atoms with van der Waals surface area (Å²) in [4.78, 5) is 23.7. The molecule has 1 aromatic rings. The number of imide groups is 1. The Morgan fingerprint density at radius 2 is 1.92 bits per heavy atom. The lowest BCUT2D eigenvalue weighted by atomic mass is 10.0. The van der Waals surface area contributed by atoms with E-state index in [0.29, 0.717) is 13.0 Å². The Kier molecular flexibility index (Phi) is 6.14. The van der Waals surface area contributed by atoms with E-state index >= 15 is 0 Å². The molecule has 2 rings (SSSR count). The van der Waals surface area contributed by atoms with E-state index in [9.17, 15) is 18.0 Å². The van der Waals surface area contributed by atoms with Crippen LogP contribution in [0.1, 0.15) is 24.8 Å². The minimum atomic E-state index is -3.15. The molecule has 0 aromatic heterocycles. The number of rotatable bonds is 8. The summed E-state index contributed by atoms with van der Waals surface area (Å²) in [7, 11) is -3.15. The van der Waals surface area contributed by atoms with Gasteiger partial charge in [0.05, 0.1) is 11.5 Å². The molecule has 24 heavy (non-hydrogen) atoms. The maximum absolute atomic E-state index is 12.2. The summed E-state index contributed by atoms with van der Waals surface area (Å²) in [6.45, 7) is 2.26. The zero-order chi connectivity index (χ0) is 17.6. The number of nitrogens with one attached hydrogen (secondary N) is 1. The van der Waals surface area contributed by atoms with E-state index in [1.54, 1.807) is 12.2 Å². The number of carbonyl (C=O) groups is 2. The van der Waals surface area contributed by atoms with Crippen molar-refractivity contribution in [2.75, 3.05) is 24.6 Å². The molecule has 6 nitrogen and oxygen atoms in total. The molecule has 0 spiro atoms. The molecule has 1 aliphatic heterocycles. The van der Waals surface area contributed by atoms with Crippen LogP contribution in [-0.4, -0.2) is 49.9 Å². The number of hydrogen-bond acceptors (Lipinski definition) is 4. The van der Waals surface area contributed by atoms with Gasteiger partial charge in [-0.3, -0.25) is 10.1 Å². The highest BCUT2D eigenvalue weighted by molar-refractivity contribution is 7.91. The molecule has 1 aromatic carbocycles. The summed E-state index contributed by atoms with van der Waals surface area (Å²) in [6.07, 6.45) is 3.85. The molecule has 0 saturated carbocycles. The lowest BCUT2D eigenvalue weighted by molar-refractivity contribution is -0.118. The number of urea groups is 1. The highest BCUT2D eigenvalue weighted by Gasteiger charge is 2.25. The third-order valence-electron chi connectivity index (χ3n) is 3.83. The predicted molar refractivity (Wildman–Crippen MR) is 92.4 cm³/mol. The molecule has 0 aliphatic carbocycles. The minimum Gasteiger partial charge on any atom is -0.311 e. The first-order valence-electron chi connectivity index (χ1n) is 7.86. The number of benzene rings is 1. The van der Waals surface area contributed by atoms with Gasteiger partial charge in [-0.2, -0.15) is 0 Å². The van der Waals surface area contributed by atoms with Crippen LogP contribution in [0.4, 0.5) is 4.79 Å². The van der Waals surface area contributed by atoms with Crippen molar-refractivity contribution in [3.8, 4) is 0 Å². The molecule has 0 radical (unpaired) electrons. The molecule has 0 unspecified atom stereocenters. The summed E-state index contributed by atoms with van der Waals surface area (Å²) in [5, 5.41) is 2.19. The van der Waals surface area contributed by atoms with E-state index in [0.717, 1.165) is 5.56 Å². The van der Waals surface area contributed by atoms with Crippen molar-refractivity contribution < 1.29 is 18.0 Å². The van der Waals surface area contributed by atoms with E-state index in [1.807, 2.05) is 37.3 Å². The van der Waals surface area contributed by atoms with Crippen LogP contribution in [0.25, 0.3) is 0 Å². The Morgan fingerprint density at radius 1 is 1.21 bits per heavy atom. The fourth-order valence-electron chi connectivity index (χ4n) is 2.54. The molecule has 130 valence electrons. The first-order chi connectivity index (χ1) is 11.4. The van der Waals surface area contributed by atoms with Crippen LogP contribution in [0, 0.1) is 0 Å². The second-order valence-electron chi connectivity index (χ2n) is 5.92. The number of hydrogen-bond donors (Lipinski definition) is 1. The molecule has 3 amide bonds. The van der Waals surface area contributed by atoms with Crippen molar-refractivity contribution in [1.82, 2.24) is 10.2 Å². The molecule has 1 atom stereocenters. The minimum absolute atomic E-state index is 0.0421. The molecule has 1 saturated heterocycles. The molecule has 0 bridgehead atoms. The van der Waals surface area contributed by atoms with Crippen molar-refractivity contribution in [1.29, 1.82) is 0 Å². The molecule has 7 heteroatoms. The van der Waals surface area contributed by atoms with Crippen LogP contribution < -0.4 is 5.32 Å².